The van der Waals surface area contributed by atoms with Gasteiger partial charge < -0.3 is 0 Å². The standard InChI is InChI=1S/C12H11F3N2O/c1-2-8-3-5-9(6-4-8)17-11(18)7-10(16-17)12(13,14)15/h3-6H,2,7H2,1H3. The summed E-state index contributed by atoms with van der Waals surface area (Å²) in [6.07, 6.45) is -4.42. The van der Waals surface area contributed by atoms with Crippen LogP contribution in [0.5, 0.6) is 0 Å². The highest BCUT2D eigenvalue weighted by Gasteiger charge is 2.42. The minimum Gasteiger partial charge on any atom is -0.272 e. The lowest BCUT2D eigenvalue weighted by Crippen LogP contribution is -2.22. The molecule has 0 saturated heterocycles. The summed E-state index contributed by atoms with van der Waals surface area (Å²) in [7, 11) is 0. The number of aryl methyl sites for hydroxylation is 1. The van der Waals surface area contributed by atoms with Crippen LogP contribution in [0.15, 0.2) is 29.4 Å². The fourth-order valence-electron chi connectivity index (χ4n) is 1.66. The molecule has 0 spiro atoms. The van der Waals surface area contributed by atoms with Crippen molar-refractivity contribution in [2.45, 2.75) is 25.9 Å². The molecule has 18 heavy (non-hydrogen) atoms. The van der Waals surface area contributed by atoms with Gasteiger partial charge in [-0.1, -0.05) is 19.1 Å². The highest BCUT2D eigenvalue weighted by molar-refractivity contribution is 6.14. The zero-order chi connectivity index (χ0) is 13.3. The average molecular weight is 256 g/mol. The van der Waals surface area contributed by atoms with E-state index in [1.807, 2.05) is 6.92 Å². The number of carbonyl (C=O) groups is 1. The number of anilines is 1. The molecule has 2 rings (SSSR count). The minimum atomic E-state index is -4.55. The first kappa shape index (κ1) is 12.6. The topological polar surface area (TPSA) is 32.7 Å². The summed E-state index contributed by atoms with van der Waals surface area (Å²) in [5.74, 6) is -0.661. The summed E-state index contributed by atoms with van der Waals surface area (Å²) in [6.45, 7) is 1.97. The Morgan fingerprint density at radius 3 is 2.33 bits per heavy atom. The summed E-state index contributed by atoms with van der Waals surface area (Å²) in [5, 5.41) is 4.15. The van der Waals surface area contributed by atoms with Gasteiger partial charge in [0.25, 0.3) is 5.91 Å². The van der Waals surface area contributed by atoms with Gasteiger partial charge in [0, 0.05) is 0 Å². The van der Waals surface area contributed by atoms with Crippen LogP contribution in [-0.4, -0.2) is 17.8 Å². The van der Waals surface area contributed by atoms with Crippen LogP contribution < -0.4 is 5.01 Å². The zero-order valence-electron chi connectivity index (χ0n) is 9.66. The third kappa shape index (κ3) is 2.37. The summed E-state index contributed by atoms with van der Waals surface area (Å²) >= 11 is 0. The van der Waals surface area contributed by atoms with Crippen molar-refractivity contribution in [2.24, 2.45) is 5.10 Å². The number of hydrazone groups is 1. The van der Waals surface area contributed by atoms with Crippen LogP contribution in [0.25, 0.3) is 0 Å². The molecule has 0 N–H and O–H groups in total. The maximum Gasteiger partial charge on any atom is 0.431 e. The molecule has 0 radical (unpaired) electrons. The van der Waals surface area contributed by atoms with Crippen molar-refractivity contribution < 1.29 is 18.0 Å². The van der Waals surface area contributed by atoms with E-state index >= 15 is 0 Å². The normalized spacial score (nSPS) is 16.1. The van der Waals surface area contributed by atoms with Gasteiger partial charge in [0.05, 0.1) is 12.1 Å². The zero-order valence-corrected chi connectivity index (χ0v) is 9.66. The van der Waals surface area contributed by atoms with E-state index in [0.29, 0.717) is 5.69 Å². The number of rotatable bonds is 2. The van der Waals surface area contributed by atoms with E-state index < -0.39 is 24.2 Å². The van der Waals surface area contributed by atoms with Gasteiger partial charge in [-0.2, -0.15) is 18.3 Å². The monoisotopic (exact) mass is 256 g/mol. The third-order valence-corrected chi connectivity index (χ3v) is 2.69. The number of benzene rings is 1. The lowest BCUT2D eigenvalue weighted by atomic mass is 10.1. The van der Waals surface area contributed by atoms with E-state index in [1.165, 1.54) is 0 Å². The summed E-state index contributed by atoms with van der Waals surface area (Å²) in [4.78, 5) is 11.5. The van der Waals surface area contributed by atoms with E-state index in [2.05, 4.69) is 5.10 Å². The Morgan fingerprint density at radius 1 is 1.28 bits per heavy atom. The first-order valence-electron chi connectivity index (χ1n) is 5.48. The highest BCUT2D eigenvalue weighted by atomic mass is 19.4. The van der Waals surface area contributed by atoms with Crippen molar-refractivity contribution in [3.63, 3.8) is 0 Å². The van der Waals surface area contributed by atoms with Crippen molar-refractivity contribution in [2.75, 3.05) is 5.01 Å². The summed E-state index contributed by atoms with van der Waals surface area (Å²) < 4.78 is 37.3. The third-order valence-electron chi connectivity index (χ3n) is 2.69. The lowest BCUT2D eigenvalue weighted by molar-refractivity contribution is -0.117. The van der Waals surface area contributed by atoms with Crippen LogP contribution in [0.4, 0.5) is 18.9 Å². The second-order valence-electron chi connectivity index (χ2n) is 3.95. The molecule has 1 heterocycles. The first-order valence-corrected chi connectivity index (χ1v) is 5.48. The molecule has 0 saturated carbocycles. The molecule has 0 atom stereocenters. The van der Waals surface area contributed by atoms with Gasteiger partial charge in [-0.3, -0.25) is 4.79 Å². The summed E-state index contributed by atoms with van der Waals surface area (Å²) in [5.41, 5.74) is 0.355. The summed E-state index contributed by atoms with van der Waals surface area (Å²) in [6, 6.07) is 6.73. The average Bonchev–Trinajstić information content (AvgIpc) is 2.71. The van der Waals surface area contributed by atoms with Gasteiger partial charge in [-0.05, 0) is 24.1 Å². The molecule has 1 amide bonds. The first-order chi connectivity index (χ1) is 8.41. The molecule has 1 aliphatic heterocycles. The second-order valence-corrected chi connectivity index (χ2v) is 3.95. The maximum absolute atomic E-state index is 12.4. The molecule has 1 aromatic carbocycles. The minimum absolute atomic E-state index is 0.358. The Balaban J connectivity index is 2.27. The number of carbonyl (C=O) groups excluding carboxylic acids is 1. The number of alkyl halides is 3. The van der Waals surface area contributed by atoms with Gasteiger partial charge in [0.1, 0.15) is 0 Å². The van der Waals surface area contributed by atoms with Crippen LogP contribution >= 0.6 is 0 Å². The number of amides is 1. The van der Waals surface area contributed by atoms with Gasteiger partial charge in [-0.15, -0.1) is 0 Å². The van der Waals surface area contributed by atoms with Gasteiger partial charge in [0.15, 0.2) is 5.71 Å². The molecule has 1 aromatic rings. The Hall–Kier alpha value is -1.85. The van der Waals surface area contributed by atoms with E-state index in [1.54, 1.807) is 24.3 Å². The molecular weight excluding hydrogens is 245 g/mol. The predicted octanol–water partition coefficient (Wildman–Crippen LogP) is 2.90. The van der Waals surface area contributed by atoms with Crippen molar-refractivity contribution >= 4 is 17.3 Å². The van der Waals surface area contributed by atoms with Gasteiger partial charge >= 0.3 is 6.18 Å². The Labute approximate surface area is 102 Å². The Kier molecular flexibility index (Phi) is 3.11. The van der Waals surface area contributed by atoms with Crippen LogP contribution in [-0.2, 0) is 11.2 Å². The van der Waals surface area contributed by atoms with Crippen LogP contribution in [0.3, 0.4) is 0 Å². The van der Waals surface area contributed by atoms with E-state index in [9.17, 15) is 18.0 Å². The smallest absolute Gasteiger partial charge is 0.272 e. The number of nitrogens with zero attached hydrogens (tertiary/aromatic N) is 2. The molecule has 0 fully saturated rings. The number of hydrogen-bond acceptors (Lipinski definition) is 2. The molecule has 1 aliphatic rings. The van der Waals surface area contributed by atoms with Crippen LogP contribution in [0.1, 0.15) is 18.9 Å². The molecule has 96 valence electrons. The van der Waals surface area contributed by atoms with Crippen LogP contribution in [0, 0.1) is 0 Å². The van der Waals surface area contributed by atoms with E-state index in [0.717, 1.165) is 17.0 Å². The van der Waals surface area contributed by atoms with E-state index in [-0.39, 0.29) is 0 Å². The fraction of sp³-hybridized carbons (Fsp3) is 0.333. The highest BCUT2D eigenvalue weighted by Crippen LogP contribution is 2.28. The SMILES string of the molecule is CCc1ccc(N2N=C(C(F)(F)F)CC2=O)cc1. The molecule has 3 nitrogen and oxygen atoms in total. The number of halogens is 3. The fourth-order valence-corrected chi connectivity index (χ4v) is 1.66. The van der Waals surface area contributed by atoms with E-state index in [4.69, 9.17) is 0 Å². The second kappa shape index (κ2) is 4.44. The molecule has 0 aliphatic carbocycles. The Morgan fingerprint density at radius 2 is 1.89 bits per heavy atom. The molecule has 6 heteroatoms. The number of hydrogen-bond donors (Lipinski definition) is 0. The van der Waals surface area contributed by atoms with Crippen molar-refractivity contribution in [3.05, 3.63) is 29.8 Å². The molecular formula is C12H11F3N2O. The van der Waals surface area contributed by atoms with Crippen molar-refractivity contribution in [3.8, 4) is 0 Å². The molecule has 0 unspecified atom stereocenters. The van der Waals surface area contributed by atoms with Gasteiger partial charge in [-0.25, -0.2) is 5.01 Å². The molecule has 0 bridgehead atoms. The maximum atomic E-state index is 12.4. The lowest BCUT2D eigenvalue weighted by Gasteiger charge is -2.11. The van der Waals surface area contributed by atoms with Crippen molar-refractivity contribution in [1.82, 2.24) is 0 Å². The Bertz CT molecular complexity index is 491. The molecule has 0 aromatic heterocycles. The quantitative estimate of drug-likeness (QED) is 0.800. The van der Waals surface area contributed by atoms with Crippen LogP contribution in [0.2, 0.25) is 0 Å². The predicted molar refractivity (Wildman–Crippen MR) is 61.4 cm³/mol. The largest absolute Gasteiger partial charge is 0.431 e. The van der Waals surface area contributed by atoms with Gasteiger partial charge in [0.2, 0.25) is 0 Å². The van der Waals surface area contributed by atoms with Crippen molar-refractivity contribution in [1.29, 1.82) is 0 Å².